The van der Waals surface area contributed by atoms with Gasteiger partial charge in [0.25, 0.3) is 0 Å². The van der Waals surface area contributed by atoms with Crippen molar-refractivity contribution in [3.8, 4) is 0 Å². The lowest BCUT2D eigenvalue weighted by atomic mass is 10.0. The van der Waals surface area contributed by atoms with Gasteiger partial charge < -0.3 is 4.90 Å². The van der Waals surface area contributed by atoms with Gasteiger partial charge in [0.2, 0.25) is 0 Å². The summed E-state index contributed by atoms with van der Waals surface area (Å²) < 4.78 is 1.85. The number of rotatable bonds is 5. The van der Waals surface area contributed by atoms with E-state index in [1.165, 1.54) is 37.2 Å². The highest BCUT2D eigenvalue weighted by molar-refractivity contribution is 5.26. The zero-order valence-electron chi connectivity index (χ0n) is 13.3. The predicted molar refractivity (Wildman–Crippen MR) is 84.5 cm³/mol. The fourth-order valence-corrected chi connectivity index (χ4v) is 3.04. The Hall–Kier alpha value is -1.13. The second-order valence-electron chi connectivity index (χ2n) is 6.16. The van der Waals surface area contributed by atoms with Crippen LogP contribution in [0.15, 0.2) is 12.8 Å². The number of nitrogens with zero attached hydrogens (tertiary/aromatic N) is 4. The maximum atomic E-state index is 4.33. The molecule has 4 nitrogen and oxygen atoms in total. The van der Waals surface area contributed by atoms with Crippen LogP contribution in [0.3, 0.4) is 0 Å². The van der Waals surface area contributed by atoms with Gasteiger partial charge in [0.15, 0.2) is 0 Å². The van der Waals surface area contributed by atoms with Gasteiger partial charge in [-0.1, -0.05) is 6.58 Å². The zero-order valence-corrected chi connectivity index (χ0v) is 13.3. The standard InChI is InChI=1S/C16H28N4/c1-6-20-14(4)15(11-17-20)12-18(5)16-7-9-19(10-8-16)13(2)3/h6,11,13,16H,1,7-10,12H2,2-5H3. The fourth-order valence-electron chi connectivity index (χ4n) is 3.04. The molecule has 1 saturated heterocycles. The minimum Gasteiger partial charge on any atom is -0.301 e. The molecule has 20 heavy (non-hydrogen) atoms. The van der Waals surface area contributed by atoms with Crippen LogP contribution < -0.4 is 0 Å². The summed E-state index contributed by atoms with van der Waals surface area (Å²) in [7, 11) is 2.24. The van der Waals surface area contributed by atoms with Gasteiger partial charge in [0, 0.05) is 36.1 Å². The summed E-state index contributed by atoms with van der Waals surface area (Å²) in [5.74, 6) is 0. The summed E-state index contributed by atoms with van der Waals surface area (Å²) in [6.07, 6.45) is 6.27. The minimum atomic E-state index is 0.675. The lowest BCUT2D eigenvalue weighted by Crippen LogP contribution is -2.45. The minimum absolute atomic E-state index is 0.675. The third kappa shape index (κ3) is 3.30. The monoisotopic (exact) mass is 276 g/mol. The third-order valence-electron chi connectivity index (χ3n) is 4.59. The van der Waals surface area contributed by atoms with Crippen molar-refractivity contribution in [2.45, 2.75) is 52.2 Å². The van der Waals surface area contributed by atoms with Crippen molar-refractivity contribution in [3.63, 3.8) is 0 Å². The van der Waals surface area contributed by atoms with E-state index < -0.39 is 0 Å². The number of hydrogen-bond acceptors (Lipinski definition) is 3. The van der Waals surface area contributed by atoms with E-state index in [0.29, 0.717) is 12.1 Å². The van der Waals surface area contributed by atoms with E-state index in [1.54, 1.807) is 6.20 Å². The molecule has 1 aromatic heterocycles. The van der Waals surface area contributed by atoms with Crippen LogP contribution in [0, 0.1) is 6.92 Å². The Morgan fingerprint density at radius 1 is 1.45 bits per heavy atom. The first kappa shape index (κ1) is 15.3. The molecule has 1 fully saturated rings. The highest BCUT2D eigenvalue weighted by Crippen LogP contribution is 2.20. The molecule has 4 heteroatoms. The van der Waals surface area contributed by atoms with E-state index in [-0.39, 0.29) is 0 Å². The van der Waals surface area contributed by atoms with Crippen molar-refractivity contribution in [3.05, 3.63) is 24.0 Å². The van der Waals surface area contributed by atoms with Crippen LogP contribution in [0.5, 0.6) is 0 Å². The van der Waals surface area contributed by atoms with Crippen molar-refractivity contribution in [2.24, 2.45) is 0 Å². The first-order valence-corrected chi connectivity index (χ1v) is 7.62. The molecule has 0 aliphatic carbocycles. The molecule has 2 rings (SSSR count). The fraction of sp³-hybridized carbons (Fsp3) is 0.688. The molecule has 112 valence electrons. The Morgan fingerprint density at radius 2 is 2.10 bits per heavy atom. The van der Waals surface area contributed by atoms with Crippen LogP contribution in [0.2, 0.25) is 0 Å². The quantitative estimate of drug-likeness (QED) is 0.826. The third-order valence-corrected chi connectivity index (χ3v) is 4.59. The molecule has 2 heterocycles. The van der Waals surface area contributed by atoms with Crippen LogP contribution in [0.1, 0.15) is 37.9 Å². The molecule has 1 aromatic rings. The summed E-state index contributed by atoms with van der Waals surface area (Å²) in [5, 5.41) is 4.33. The number of aromatic nitrogens is 2. The molecule has 1 aliphatic rings. The number of likely N-dealkylation sites (tertiary alicyclic amines) is 1. The maximum absolute atomic E-state index is 4.33. The highest BCUT2D eigenvalue weighted by atomic mass is 15.3. The summed E-state index contributed by atoms with van der Waals surface area (Å²) in [5.41, 5.74) is 2.50. The molecule has 0 amide bonds. The van der Waals surface area contributed by atoms with Crippen LogP contribution in [-0.4, -0.2) is 51.8 Å². The van der Waals surface area contributed by atoms with Gasteiger partial charge in [0.1, 0.15) is 0 Å². The maximum Gasteiger partial charge on any atom is 0.0541 e. The van der Waals surface area contributed by atoms with E-state index in [1.807, 2.05) is 10.9 Å². The molecule has 0 aromatic carbocycles. The number of piperidine rings is 1. The second kappa shape index (κ2) is 6.55. The predicted octanol–water partition coefficient (Wildman–Crippen LogP) is 2.60. The molecular weight excluding hydrogens is 248 g/mol. The van der Waals surface area contributed by atoms with E-state index >= 15 is 0 Å². The molecule has 0 bridgehead atoms. The Kier molecular flexibility index (Phi) is 5.00. The van der Waals surface area contributed by atoms with E-state index in [0.717, 1.165) is 6.54 Å². The van der Waals surface area contributed by atoms with Crippen LogP contribution >= 0.6 is 0 Å². The van der Waals surface area contributed by atoms with Gasteiger partial charge in [-0.05, 0) is 53.8 Å². The lowest BCUT2D eigenvalue weighted by Gasteiger charge is -2.38. The highest BCUT2D eigenvalue weighted by Gasteiger charge is 2.24. The van der Waals surface area contributed by atoms with Gasteiger partial charge >= 0.3 is 0 Å². The summed E-state index contributed by atoms with van der Waals surface area (Å²) in [4.78, 5) is 5.06. The Bertz CT molecular complexity index is 441. The summed E-state index contributed by atoms with van der Waals surface area (Å²) in [6.45, 7) is 13.9. The molecule has 0 radical (unpaired) electrons. The van der Waals surface area contributed by atoms with Crippen molar-refractivity contribution in [2.75, 3.05) is 20.1 Å². The average Bonchev–Trinajstić information content (AvgIpc) is 2.79. The normalized spacial score (nSPS) is 18.1. The van der Waals surface area contributed by atoms with Gasteiger partial charge in [-0.3, -0.25) is 4.90 Å². The van der Waals surface area contributed by atoms with Crippen molar-refractivity contribution >= 4 is 6.20 Å². The van der Waals surface area contributed by atoms with Crippen LogP contribution in [-0.2, 0) is 6.54 Å². The Morgan fingerprint density at radius 3 is 2.60 bits per heavy atom. The van der Waals surface area contributed by atoms with E-state index in [4.69, 9.17) is 0 Å². The largest absolute Gasteiger partial charge is 0.301 e. The van der Waals surface area contributed by atoms with E-state index in [2.05, 4.69) is 49.3 Å². The zero-order chi connectivity index (χ0) is 14.7. The Labute approximate surface area is 123 Å². The van der Waals surface area contributed by atoms with Crippen molar-refractivity contribution in [1.29, 1.82) is 0 Å². The van der Waals surface area contributed by atoms with Gasteiger partial charge in [-0.25, -0.2) is 4.68 Å². The van der Waals surface area contributed by atoms with Gasteiger partial charge in [-0.15, -0.1) is 0 Å². The average molecular weight is 276 g/mol. The second-order valence-corrected chi connectivity index (χ2v) is 6.16. The van der Waals surface area contributed by atoms with Crippen LogP contribution in [0.4, 0.5) is 0 Å². The molecule has 0 N–H and O–H groups in total. The lowest BCUT2D eigenvalue weighted by molar-refractivity contribution is 0.104. The summed E-state index contributed by atoms with van der Waals surface area (Å²) in [6, 6.07) is 1.37. The molecule has 0 atom stereocenters. The molecular formula is C16H28N4. The van der Waals surface area contributed by atoms with Gasteiger partial charge in [0.05, 0.1) is 6.20 Å². The summed E-state index contributed by atoms with van der Waals surface area (Å²) >= 11 is 0. The van der Waals surface area contributed by atoms with Gasteiger partial charge in [-0.2, -0.15) is 5.10 Å². The molecule has 0 saturated carbocycles. The molecule has 0 unspecified atom stereocenters. The topological polar surface area (TPSA) is 24.3 Å². The van der Waals surface area contributed by atoms with Crippen molar-refractivity contribution < 1.29 is 0 Å². The first-order valence-electron chi connectivity index (χ1n) is 7.62. The smallest absolute Gasteiger partial charge is 0.0541 e. The van der Waals surface area contributed by atoms with E-state index in [9.17, 15) is 0 Å². The molecule has 1 aliphatic heterocycles. The SMILES string of the molecule is C=Cn1ncc(CN(C)C2CCN(C(C)C)CC2)c1C. The molecule has 0 spiro atoms. The van der Waals surface area contributed by atoms with Crippen molar-refractivity contribution in [1.82, 2.24) is 19.6 Å². The first-order chi connectivity index (χ1) is 9.52. The number of hydrogen-bond donors (Lipinski definition) is 0. The Balaban J connectivity index is 1.91. The van der Waals surface area contributed by atoms with Crippen LogP contribution in [0.25, 0.3) is 6.20 Å².